The molecule has 0 unspecified atom stereocenters. The van der Waals surface area contributed by atoms with Gasteiger partial charge in [-0.2, -0.15) is 0 Å². The van der Waals surface area contributed by atoms with Crippen LogP contribution in [0, 0.1) is 6.92 Å². The average molecular weight is 249 g/mol. The van der Waals surface area contributed by atoms with Crippen molar-refractivity contribution in [3.8, 4) is 0 Å². The molecule has 0 aliphatic heterocycles. The monoisotopic (exact) mass is 249 g/mol. The summed E-state index contributed by atoms with van der Waals surface area (Å²) in [6, 6.07) is 2.85. The second-order valence-electron chi connectivity index (χ2n) is 5.69. The van der Waals surface area contributed by atoms with Gasteiger partial charge < -0.3 is 14.5 Å². The third-order valence-electron chi connectivity index (χ3n) is 3.96. The van der Waals surface area contributed by atoms with Crippen LogP contribution in [-0.2, 0) is 17.9 Å². The van der Waals surface area contributed by atoms with E-state index in [0.29, 0.717) is 12.7 Å². The standard InChI is InChI=1S/C15H23NO2/c1-11-8-14(10-17-13-4-2-3-5-13)18-15(11)9-16-12-6-7-12/h8,12-13,16H,2-7,9-10H2,1H3. The fraction of sp³-hybridized carbons (Fsp3) is 0.733. The lowest BCUT2D eigenvalue weighted by Gasteiger charge is -2.08. The van der Waals surface area contributed by atoms with Crippen LogP contribution in [0.15, 0.2) is 10.5 Å². The van der Waals surface area contributed by atoms with Gasteiger partial charge in [-0.15, -0.1) is 0 Å². The molecule has 1 N–H and O–H groups in total. The van der Waals surface area contributed by atoms with E-state index in [-0.39, 0.29) is 0 Å². The van der Waals surface area contributed by atoms with Gasteiger partial charge in [-0.05, 0) is 44.2 Å². The van der Waals surface area contributed by atoms with E-state index < -0.39 is 0 Å². The fourth-order valence-electron chi connectivity index (χ4n) is 2.62. The van der Waals surface area contributed by atoms with Crippen LogP contribution in [0.25, 0.3) is 0 Å². The Morgan fingerprint density at radius 2 is 2.06 bits per heavy atom. The van der Waals surface area contributed by atoms with Gasteiger partial charge in [-0.25, -0.2) is 0 Å². The van der Waals surface area contributed by atoms with Crippen LogP contribution < -0.4 is 5.32 Å². The van der Waals surface area contributed by atoms with Gasteiger partial charge in [0.05, 0.1) is 12.6 Å². The Morgan fingerprint density at radius 3 is 2.78 bits per heavy atom. The minimum atomic E-state index is 0.462. The molecular formula is C15H23NO2. The topological polar surface area (TPSA) is 34.4 Å². The maximum absolute atomic E-state index is 5.88. The molecule has 2 aliphatic carbocycles. The zero-order valence-corrected chi connectivity index (χ0v) is 11.2. The molecular weight excluding hydrogens is 226 g/mol. The smallest absolute Gasteiger partial charge is 0.130 e. The number of hydrogen-bond acceptors (Lipinski definition) is 3. The quantitative estimate of drug-likeness (QED) is 0.840. The summed E-state index contributed by atoms with van der Waals surface area (Å²) >= 11 is 0. The summed E-state index contributed by atoms with van der Waals surface area (Å²) in [5.41, 5.74) is 1.24. The van der Waals surface area contributed by atoms with Crippen molar-refractivity contribution in [3.63, 3.8) is 0 Å². The van der Waals surface area contributed by atoms with Gasteiger partial charge in [0.15, 0.2) is 0 Å². The molecule has 3 heteroatoms. The lowest BCUT2D eigenvalue weighted by atomic mass is 10.2. The molecule has 0 atom stereocenters. The summed E-state index contributed by atoms with van der Waals surface area (Å²) < 4.78 is 11.7. The molecule has 1 heterocycles. The van der Waals surface area contributed by atoms with Crippen molar-refractivity contribution in [2.24, 2.45) is 0 Å². The van der Waals surface area contributed by atoms with Crippen molar-refractivity contribution in [2.75, 3.05) is 0 Å². The molecule has 2 aliphatic rings. The van der Waals surface area contributed by atoms with Crippen molar-refractivity contribution >= 4 is 0 Å². The number of aryl methyl sites for hydroxylation is 1. The zero-order valence-electron chi connectivity index (χ0n) is 11.2. The molecule has 0 bridgehead atoms. The molecule has 1 aromatic heterocycles. The minimum absolute atomic E-state index is 0.462. The predicted molar refractivity (Wildman–Crippen MR) is 70.4 cm³/mol. The Balaban J connectivity index is 1.50. The van der Waals surface area contributed by atoms with Crippen LogP contribution in [0.1, 0.15) is 55.6 Å². The second-order valence-corrected chi connectivity index (χ2v) is 5.69. The van der Waals surface area contributed by atoms with Crippen LogP contribution in [0.5, 0.6) is 0 Å². The fourth-order valence-corrected chi connectivity index (χ4v) is 2.62. The van der Waals surface area contributed by atoms with Crippen LogP contribution >= 0.6 is 0 Å². The summed E-state index contributed by atoms with van der Waals surface area (Å²) in [6.07, 6.45) is 8.17. The van der Waals surface area contributed by atoms with E-state index in [1.165, 1.54) is 44.1 Å². The predicted octanol–water partition coefficient (Wildman–Crippen LogP) is 3.30. The van der Waals surface area contributed by atoms with Crippen molar-refractivity contribution in [2.45, 2.75) is 70.7 Å². The summed E-state index contributed by atoms with van der Waals surface area (Å²) in [6.45, 7) is 3.61. The second kappa shape index (κ2) is 5.45. The Kier molecular flexibility index (Phi) is 3.71. The zero-order chi connectivity index (χ0) is 12.4. The van der Waals surface area contributed by atoms with E-state index in [2.05, 4.69) is 18.3 Å². The summed E-state index contributed by atoms with van der Waals surface area (Å²) in [5, 5.41) is 3.49. The number of rotatable bonds is 6. The summed E-state index contributed by atoms with van der Waals surface area (Å²) in [7, 11) is 0. The van der Waals surface area contributed by atoms with Gasteiger partial charge in [0.1, 0.15) is 18.1 Å². The molecule has 3 nitrogen and oxygen atoms in total. The average Bonchev–Trinajstić information content (AvgIpc) is 2.91. The van der Waals surface area contributed by atoms with Crippen LogP contribution in [0.3, 0.4) is 0 Å². The van der Waals surface area contributed by atoms with Gasteiger partial charge in [0.2, 0.25) is 0 Å². The van der Waals surface area contributed by atoms with Crippen LogP contribution in [0.4, 0.5) is 0 Å². The lowest BCUT2D eigenvalue weighted by molar-refractivity contribution is 0.0352. The first-order valence-electron chi connectivity index (χ1n) is 7.24. The van der Waals surface area contributed by atoms with E-state index in [4.69, 9.17) is 9.15 Å². The van der Waals surface area contributed by atoms with Gasteiger partial charge in [0.25, 0.3) is 0 Å². The SMILES string of the molecule is Cc1cc(COC2CCCC2)oc1CNC1CC1. The molecule has 1 aromatic rings. The third kappa shape index (κ3) is 3.15. The number of hydrogen-bond donors (Lipinski definition) is 1. The van der Waals surface area contributed by atoms with Crippen molar-refractivity contribution < 1.29 is 9.15 Å². The first-order chi connectivity index (χ1) is 8.81. The number of nitrogens with one attached hydrogen (secondary N) is 1. The van der Waals surface area contributed by atoms with E-state index in [9.17, 15) is 0 Å². The summed E-state index contributed by atoms with van der Waals surface area (Å²) in [5.74, 6) is 2.05. The summed E-state index contributed by atoms with van der Waals surface area (Å²) in [4.78, 5) is 0. The molecule has 18 heavy (non-hydrogen) atoms. The van der Waals surface area contributed by atoms with Crippen molar-refractivity contribution in [1.82, 2.24) is 5.32 Å². The van der Waals surface area contributed by atoms with E-state index in [1.54, 1.807) is 0 Å². The molecule has 0 amide bonds. The Labute approximate surface area is 109 Å². The van der Waals surface area contributed by atoms with Crippen LogP contribution in [0.2, 0.25) is 0 Å². The maximum Gasteiger partial charge on any atom is 0.130 e. The first-order valence-corrected chi connectivity index (χ1v) is 7.24. The van der Waals surface area contributed by atoms with Gasteiger partial charge in [-0.3, -0.25) is 0 Å². The first kappa shape index (κ1) is 12.2. The third-order valence-corrected chi connectivity index (χ3v) is 3.96. The molecule has 2 fully saturated rings. The highest BCUT2D eigenvalue weighted by Crippen LogP contribution is 2.24. The highest BCUT2D eigenvalue weighted by atomic mass is 16.5. The Hall–Kier alpha value is -0.800. The van der Waals surface area contributed by atoms with Gasteiger partial charge >= 0.3 is 0 Å². The number of ether oxygens (including phenoxy) is 1. The van der Waals surface area contributed by atoms with Crippen molar-refractivity contribution in [3.05, 3.63) is 23.2 Å². The van der Waals surface area contributed by atoms with Gasteiger partial charge in [0, 0.05) is 6.04 Å². The lowest BCUT2D eigenvalue weighted by Crippen LogP contribution is -2.15. The van der Waals surface area contributed by atoms with E-state index >= 15 is 0 Å². The van der Waals surface area contributed by atoms with Gasteiger partial charge in [-0.1, -0.05) is 12.8 Å². The number of furan rings is 1. The van der Waals surface area contributed by atoms with E-state index in [0.717, 1.165) is 24.1 Å². The minimum Gasteiger partial charge on any atom is -0.462 e. The molecule has 0 radical (unpaired) electrons. The molecule has 100 valence electrons. The highest BCUT2D eigenvalue weighted by molar-refractivity contribution is 5.19. The Bertz CT molecular complexity index is 389. The largest absolute Gasteiger partial charge is 0.462 e. The molecule has 0 aromatic carbocycles. The van der Waals surface area contributed by atoms with Crippen molar-refractivity contribution in [1.29, 1.82) is 0 Å². The highest BCUT2D eigenvalue weighted by Gasteiger charge is 2.21. The molecule has 2 saturated carbocycles. The molecule has 0 spiro atoms. The van der Waals surface area contributed by atoms with E-state index in [1.807, 2.05) is 0 Å². The molecule has 0 saturated heterocycles. The Morgan fingerprint density at radius 1 is 1.28 bits per heavy atom. The van der Waals surface area contributed by atoms with Crippen LogP contribution in [-0.4, -0.2) is 12.1 Å². The molecule has 3 rings (SSSR count). The maximum atomic E-state index is 5.88. The normalized spacial score (nSPS) is 20.7.